The lowest BCUT2D eigenvalue weighted by molar-refractivity contribution is 0.107. The molecule has 4 nitrogen and oxygen atoms in total. The molecular weight excluding hydrogens is 284 g/mol. The molecule has 2 atom stereocenters. The van der Waals surface area contributed by atoms with Crippen LogP contribution in [-0.2, 0) is 9.84 Å². The number of rotatable bonds is 2. The number of nitrogens with zero attached hydrogens (tertiary/aromatic N) is 1. The van der Waals surface area contributed by atoms with Crippen LogP contribution < -0.4 is 5.32 Å². The molecule has 1 N–H and O–H groups in total. The lowest BCUT2D eigenvalue weighted by Crippen LogP contribution is -2.52. The molecule has 3 aliphatic rings. The molecule has 0 aromatic rings. The normalized spacial score (nSPS) is 39.2. The summed E-state index contributed by atoms with van der Waals surface area (Å²) in [5, 5.41) is 3.75. The van der Waals surface area contributed by atoms with E-state index in [2.05, 4.69) is 17.1 Å². The molecule has 5 heteroatoms. The van der Waals surface area contributed by atoms with Gasteiger partial charge >= 0.3 is 0 Å². The van der Waals surface area contributed by atoms with Crippen LogP contribution in [0.25, 0.3) is 0 Å². The first-order chi connectivity index (χ1) is 9.99. The van der Waals surface area contributed by atoms with E-state index in [-0.39, 0.29) is 5.54 Å². The first kappa shape index (κ1) is 15.8. The Hall–Kier alpha value is -0.130. The molecule has 3 fully saturated rings. The molecule has 2 heterocycles. The lowest BCUT2D eigenvalue weighted by Gasteiger charge is -2.40. The Bertz CT molecular complexity index is 459. The Morgan fingerprint density at radius 2 is 1.90 bits per heavy atom. The van der Waals surface area contributed by atoms with E-state index in [0.29, 0.717) is 17.5 Å². The molecule has 0 amide bonds. The third kappa shape index (κ3) is 3.62. The van der Waals surface area contributed by atoms with Crippen LogP contribution in [0.4, 0.5) is 0 Å². The van der Waals surface area contributed by atoms with Crippen molar-refractivity contribution in [3.05, 3.63) is 0 Å². The molecule has 3 rings (SSSR count). The van der Waals surface area contributed by atoms with Gasteiger partial charge in [-0.3, -0.25) is 4.90 Å². The maximum Gasteiger partial charge on any atom is 0.152 e. The van der Waals surface area contributed by atoms with Gasteiger partial charge in [0.15, 0.2) is 9.84 Å². The van der Waals surface area contributed by atoms with Crippen molar-refractivity contribution in [3.8, 4) is 0 Å². The van der Waals surface area contributed by atoms with Crippen molar-refractivity contribution in [2.24, 2.45) is 5.92 Å². The Balaban J connectivity index is 1.70. The summed E-state index contributed by atoms with van der Waals surface area (Å²) in [4.78, 5) is 2.50. The smallest absolute Gasteiger partial charge is 0.152 e. The standard InChI is InChI=1S/C16H30N2O2S/c1-16(8-11-21(19,20)13-16)18-10-5-9-17-15(12-18)14-6-3-2-4-7-14/h14-15,17H,2-13H2,1H3. The maximum atomic E-state index is 11.9. The van der Waals surface area contributed by atoms with Crippen LogP contribution in [0.15, 0.2) is 0 Å². The second-order valence-electron chi connectivity index (χ2n) is 7.60. The minimum Gasteiger partial charge on any atom is -0.312 e. The summed E-state index contributed by atoms with van der Waals surface area (Å²) >= 11 is 0. The monoisotopic (exact) mass is 314 g/mol. The highest BCUT2D eigenvalue weighted by Gasteiger charge is 2.44. The van der Waals surface area contributed by atoms with Gasteiger partial charge in [-0.15, -0.1) is 0 Å². The number of sulfone groups is 1. The van der Waals surface area contributed by atoms with Crippen LogP contribution in [-0.4, -0.2) is 56.0 Å². The van der Waals surface area contributed by atoms with Gasteiger partial charge in [-0.2, -0.15) is 0 Å². The quantitative estimate of drug-likeness (QED) is 0.844. The van der Waals surface area contributed by atoms with Gasteiger partial charge in [-0.1, -0.05) is 19.3 Å². The van der Waals surface area contributed by atoms with Crippen LogP contribution >= 0.6 is 0 Å². The summed E-state index contributed by atoms with van der Waals surface area (Å²) in [5.74, 6) is 1.53. The van der Waals surface area contributed by atoms with Crippen LogP contribution in [0.5, 0.6) is 0 Å². The van der Waals surface area contributed by atoms with E-state index in [1.807, 2.05) is 0 Å². The maximum absolute atomic E-state index is 11.9. The van der Waals surface area contributed by atoms with Gasteiger partial charge < -0.3 is 5.32 Å². The summed E-state index contributed by atoms with van der Waals surface area (Å²) in [6.07, 6.45) is 8.78. The van der Waals surface area contributed by atoms with E-state index >= 15 is 0 Å². The molecule has 0 aromatic carbocycles. The zero-order valence-corrected chi connectivity index (χ0v) is 14.1. The Labute approximate surface area is 129 Å². The summed E-state index contributed by atoms with van der Waals surface area (Å²) in [6, 6.07) is 0.563. The highest BCUT2D eigenvalue weighted by Crippen LogP contribution is 2.33. The van der Waals surface area contributed by atoms with E-state index in [0.717, 1.165) is 38.4 Å². The second kappa shape index (κ2) is 6.17. The fraction of sp³-hybridized carbons (Fsp3) is 1.00. The zero-order chi connectivity index (χ0) is 14.9. The summed E-state index contributed by atoms with van der Waals surface area (Å²) in [5.41, 5.74) is -0.127. The van der Waals surface area contributed by atoms with Gasteiger partial charge in [0.2, 0.25) is 0 Å². The van der Waals surface area contributed by atoms with E-state index in [9.17, 15) is 8.42 Å². The Morgan fingerprint density at radius 3 is 2.57 bits per heavy atom. The Morgan fingerprint density at radius 1 is 1.14 bits per heavy atom. The second-order valence-corrected chi connectivity index (χ2v) is 9.78. The number of hydrogen-bond acceptors (Lipinski definition) is 4. The summed E-state index contributed by atoms with van der Waals surface area (Å²) in [7, 11) is -2.82. The van der Waals surface area contributed by atoms with Crippen molar-refractivity contribution in [2.45, 2.75) is 63.5 Å². The van der Waals surface area contributed by atoms with E-state index in [4.69, 9.17) is 0 Å². The van der Waals surface area contributed by atoms with Gasteiger partial charge in [-0.05, 0) is 51.6 Å². The largest absolute Gasteiger partial charge is 0.312 e. The summed E-state index contributed by atoms with van der Waals surface area (Å²) in [6.45, 7) is 5.33. The zero-order valence-electron chi connectivity index (χ0n) is 13.3. The van der Waals surface area contributed by atoms with Crippen LogP contribution in [0, 0.1) is 5.92 Å². The molecule has 0 aromatic heterocycles. The van der Waals surface area contributed by atoms with Crippen LogP contribution in [0.2, 0.25) is 0 Å². The predicted octanol–water partition coefficient (Wildman–Crippen LogP) is 1.81. The fourth-order valence-corrected chi connectivity index (χ4v) is 6.71. The molecule has 2 saturated heterocycles. The minimum absolute atomic E-state index is 0.127. The van der Waals surface area contributed by atoms with Crippen molar-refractivity contribution in [1.29, 1.82) is 0 Å². The molecule has 2 aliphatic heterocycles. The molecular formula is C16H30N2O2S. The number of nitrogens with one attached hydrogen (secondary N) is 1. The molecule has 0 radical (unpaired) electrons. The van der Waals surface area contributed by atoms with Crippen LogP contribution in [0.3, 0.4) is 0 Å². The average molecular weight is 314 g/mol. The van der Waals surface area contributed by atoms with Crippen molar-refractivity contribution in [3.63, 3.8) is 0 Å². The molecule has 1 saturated carbocycles. The van der Waals surface area contributed by atoms with Crippen molar-refractivity contribution >= 4 is 9.84 Å². The van der Waals surface area contributed by atoms with Crippen molar-refractivity contribution in [1.82, 2.24) is 10.2 Å². The van der Waals surface area contributed by atoms with Gasteiger partial charge in [-0.25, -0.2) is 8.42 Å². The molecule has 1 aliphatic carbocycles. The van der Waals surface area contributed by atoms with Gasteiger partial charge in [0.25, 0.3) is 0 Å². The highest BCUT2D eigenvalue weighted by molar-refractivity contribution is 7.91. The highest BCUT2D eigenvalue weighted by atomic mass is 32.2. The average Bonchev–Trinajstić information content (AvgIpc) is 2.67. The Kier molecular flexibility index (Phi) is 4.63. The predicted molar refractivity (Wildman–Crippen MR) is 86.2 cm³/mol. The third-order valence-electron chi connectivity index (χ3n) is 5.89. The van der Waals surface area contributed by atoms with Gasteiger partial charge in [0.05, 0.1) is 11.5 Å². The first-order valence-corrected chi connectivity index (χ1v) is 10.5. The minimum atomic E-state index is -2.82. The van der Waals surface area contributed by atoms with Gasteiger partial charge in [0, 0.05) is 18.1 Å². The SMILES string of the molecule is CC1(N2CCCNC(C3CCCCC3)C2)CCS(=O)(=O)C1. The molecule has 0 bridgehead atoms. The topological polar surface area (TPSA) is 49.4 Å². The van der Waals surface area contributed by atoms with Gasteiger partial charge in [0.1, 0.15) is 0 Å². The van der Waals surface area contributed by atoms with Crippen molar-refractivity contribution in [2.75, 3.05) is 31.1 Å². The molecule has 21 heavy (non-hydrogen) atoms. The molecule has 2 unspecified atom stereocenters. The number of hydrogen-bond donors (Lipinski definition) is 1. The lowest BCUT2D eigenvalue weighted by atomic mass is 9.83. The molecule has 0 spiro atoms. The van der Waals surface area contributed by atoms with Crippen molar-refractivity contribution < 1.29 is 8.42 Å². The fourth-order valence-electron chi connectivity index (χ4n) is 4.54. The van der Waals surface area contributed by atoms with E-state index < -0.39 is 9.84 Å². The third-order valence-corrected chi connectivity index (χ3v) is 7.78. The summed E-state index contributed by atoms with van der Waals surface area (Å²) < 4.78 is 23.8. The van der Waals surface area contributed by atoms with E-state index in [1.165, 1.54) is 32.1 Å². The molecule has 122 valence electrons. The van der Waals surface area contributed by atoms with Crippen LogP contribution in [0.1, 0.15) is 51.9 Å². The van der Waals surface area contributed by atoms with E-state index in [1.54, 1.807) is 0 Å². The first-order valence-electron chi connectivity index (χ1n) is 8.67.